The Labute approximate surface area is 130 Å². The number of hydrogen-bond acceptors (Lipinski definition) is 4. The third kappa shape index (κ3) is 4.66. The second kappa shape index (κ2) is 7.17. The van der Waals surface area contributed by atoms with Crippen LogP contribution in [-0.2, 0) is 16.1 Å². The molecule has 2 rings (SSSR count). The van der Waals surface area contributed by atoms with Gasteiger partial charge in [-0.15, -0.1) is 0 Å². The van der Waals surface area contributed by atoms with Crippen LogP contribution in [0.25, 0.3) is 0 Å². The molecule has 118 valence electrons. The Morgan fingerprint density at radius 3 is 2.73 bits per heavy atom. The van der Waals surface area contributed by atoms with Gasteiger partial charge >= 0.3 is 0 Å². The first-order valence-electron chi connectivity index (χ1n) is 7.26. The number of benzene rings is 1. The Balaban J connectivity index is 1.81. The normalized spacial score (nSPS) is 12.9. The maximum Gasteiger partial charge on any atom is 0.245 e. The second-order valence-corrected chi connectivity index (χ2v) is 5.90. The summed E-state index contributed by atoms with van der Waals surface area (Å²) < 4.78 is 7.23. The summed E-state index contributed by atoms with van der Waals surface area (Å²) in [5, 5.41) is 6.96. The molecule has 0 unspecified atom stereocenters. The van der Waals surface area contributed by atoms with Crippen molar-refractivity contribution < 1.29 is 9.53 Å². The second-order valence-electron chi connectivity index (χ2n) is 5.90. The highest BCUT2D eigenvalue weighted by Gasteiger charge is 2.25. The monoisotopic (exact) mass is 302 g/mol. The van der Waals surface area contributed by atoms with E-state index in [1.54, 1.807) is 6.92 Å². The van der Waals surface area contributed by atoms with Gasteiger partial charge in [-0.2, -0.15) is 5.10 Å². The lowest BCUT2D eigenvalue weighted by molar-refractivity contribution is -0.126. The van der Waals surface area contributed by atoms with Gasteiger partial charge in [-0.1, -0.05) is 30.3 Å². The molecule has 0 bridgehead atoms. The van der Waals surface area contributed by atoms with Gasteiger partial charge in [0.2, 0.25) is 5.91 Å². The summed E-state index contributed by atoms with van der Waals surface area (Å²) in [7, 11) is 0. The molecule has 0 saturated carbocycles. The molecular formula is C16H22N4O2. The van der Waals surface area contributed by atoms with Crippen LogP contribution in [0.2, 0.25) is 0 Å². The Bertz CT molecular complexity index is 581. The molecule has 1 heterocycles. The van der Waals surface area contributed by atoms with Gasteiger partial charge < -0.3 is 10.1 Å². The Kier molecular flexibility index (Phi) is 5.27. The van der Waals surface area contributed by atoms with Crippen molar-refractivity contribution in [3.63, 3.8) is 0 Å². The highest BCUT2D eigenvalue weighted by Crippen LogP contribution is 2.10. The molecule has 6 heteroatoms. The summed E-state index contributed by atoms with van der Waals surface area (Å²) in [5.41, 5.74) is 0.654. The number of rotatable bonds is 7. The van der Waals surface area contributed by atoms with E-state index in [2.05, 4.69) is 15.4 Å². The van der Waals surface area contributed by atoms with Gasteiger partial charge in [0, 0.05) is 0 Å². The molecule has 1 N–H and O–H groups in total. The smallest absolute Gasteiger partial charge is 0.245 e. The average molecular weight is 302 g/mol. The number of hydrogen-bond donors (Lipinski definition) is 1. The topological polar surface area (TPSA) is 69.0 Å². The van der Waals surface area contributed by atoms with Crippen molar-refractivity contribution in [3.05, 3.63) is 48.5 Å². The van der Waals surface area contributed by atoms with E-state index in [0.717, 1.165) is 5.56 Å². The highest BCUT2D eigenvalue weighted by molar-refractivity contribution is 5.80. The van der Waals surface area contributed by atoms with Crippen LogP contribution in [-0.4, -0.2) is 32.8 Å². The fourth-order valence-electron chi connectivity index (χ4n) is 2.01. The van der Waals surface area contributed by atoms with E-state index in [1.807, 2.05) is 44.2 Å². The van der Waals surface area contributed by atoms with E-state index in [4.69, 9.17) is 4.74 Å². The minimum Gasteiger partial charge on any atom is -0.374 e. The van der Waals surface area contributed by atoms with Crippen LogP contribution in [0.4, 0.5) is 0 Å². The Morgan fingerprint density at radius 2 is 2.09 bits per heavy atom. The molecule has 6 nitrogen and oxygen atoms in total. The fraction of sp³-hybridized carbons (Fsp3) is 0.438. The van der Waals surface area contributed by atoms with Crippen LogP contribution in [0.3, 0.4) is 0 Å². The van der Waals surface area contributed by atoms with Crippen molar-refractivity contribution in [2.45, 2.75) is 39.0 Å². The average Bonchev–Trinajstić information content (AvgIpc) is 3.01. The van der Waals surface area contributed by atoms with Crippen molar-refractivity contribution in [2.24, 2.45) is 0 Å². The van der Waals surface area contributed by atoms with Crippen molar-refractivity contribution >= 4 is 5.91 Å². The summed E-state index contributed by atoms with van der Waals surface area (Å²) in [6.07, 6.45) is 2.95. The summed E-state index contributed by atoms with van der Waals surface area (Å²) in [6.45, 7) is 6.61. The molecule has 22 heavy (non-hydrogen) atoms. The van der Waals surface area contributed by atoms with Crippen LogP contribution in [0.15, 0.2) is 43.0 Å². The zero-order valence-corrected chi connectivity index (χ0v) is 13.2. The number of aromatic nitrogens is 3. The number of nitrogens with zero attached hydrogens (tertiary/aromatic N) is 3. The first-order valence-corrected chi connectivity index (χ1v) is 7.26. The maximum atomic E-state index is 12.2. The SMILES string of the molecule is C[C@@H](C(=O)NC(C)(C)COCc1ccccc1)n1cncn1. The van der Waals surface area contributed by atoms with Crippen LogP contribution in [0, 0.1) is 0 Å². The number of carbonyl (C=O) groups is 1. The maximum absolute atomic E-state index is 12.2. The zero-order valence-electron chi connectivity index (χ0n) is 13.2. The van der Waals surface area contributed by atoms with E-state index in [0.29, 0.717) is 13.2 Å². The van der Waals surface area contributed by atoms with Gasteiger partial charge in [0.25, 0.3) is 0 Å². The molecular weight excluding hydrogens is 280 g/mol. The Morgan fingerprint density at radius 1 is 1.36 bits per heavy atom. The van der Waals surface area contributed by atoms with Gasteiger partial charge in [0.15, 0.2) is 0 Å². The molecule has 0 fully saturated rings. The van der Waals surface area contributed by atoms with Crippen LogP contribution < -0.4 is 5.32 Å². The third-order valence-electron chi connectivity index (χ3n) is 3.25. The van der Waals surface area contributed by atoms with Crippen molar-refractivity contribution in [3.8, 4) is 0 Å². The molecule has 0 aliphatic heterocycles. The van der Waals surface area contributed by atoms with E-state index in [1.165, 1.54) is 17.3 Å². The first-order chi connectivity index (χ1) is 10.5. The largest absolute Gasteiger partial charge is 0.374 e. The number of amides is 1. The van der Waals surface area contributed by atoms with Crippen molar-refractivity contribution in [2.75, 3.05) is 6.61 Å². The molecule has 0 saturated heterocycles. The lowest BCUT2D eigenvalue weighted by Gasteiger charge is -2.27. The van der Waals surface area contributed by atoms with Crippen LogP contribution >= 0.6 is 0 Å². The number of ether oxygens (including phenoxy) is 1. The molecule has 1 atom stereocenters. The Hall–Kier alpha value is -2.21. The standard InChI is InChI=1S/C16H22N4O2/c1-13(20-12-17-11-18-20)15(21)19-16(2,3)10-22-9-14-7-5-4-6-8-14/h4-8,11-13H,9-10H2,1-3H3,(H,19,21)/t13-/m0/s1. The molecule has 0 aliphatic rings. The van der Waals surface area contributed by atoms with Crippen molar-refractivity contribution in [1.29, 1.82) is 0 Å². The van der Waals surface area contributed by atoms with Gasteiger partial charge in [0.1, 0.15) is 18.7 Å². The van der Waals surface area contributed by atoms with Crippen molar-refractivity contribution in [1.82, 2.24) is 20.1 Å². The zero-order chi connectivity index (χ0) is 16.0. The third-order valence-corrected chi connectivity index (χ3v) is 3.25. The lowest BCUT2D eigenvalue weighted by Crippen LogP contribution is -2.49. The molecule has 1 aromatic carbocycles. The molecule has 0 spiro atoms. The van der Waals surface area contributed by atoms with Gasteiger partial charge in [-0.25, -0.2) is 9.67 Å². The molecule has 0 aliphatic carbocycles. The first kappa shape index (κ1) is 16.2. The summed E-state index contributed by atoms with van der Waals surface area (Å²) in [4.78, 5) is 16.1. The quantitative estimate of drug-likeness (QED) is 0.849. The summed E-state index contributed by atoms with van der Waals surface area (Å²) in [5.74, 6) is -0.112. The minimum atomic E-state index is -0.458. The predicted molar refractivity (Wildman–Crippen MR) is 83.1 cm³/mol. The summed E-state index contributed by atoms with van der Waals surface area (Å²) >= 11 is 0. The van der Waals surface area contributed by atoms with Crippen LogP contribution in [0.1, 0.15) is 32.4 Å². The lowest BCUT2D eigenvalue weighted by atomic mass is 10.1. The fourth-order valence-corrected chi connectivity index (χ4v) is 2.01. The molecule has 1 amide bonds. The molecule has 1 aromatic heterocycles. The minimum absolute atomic E-state index is 0.112. The highest BCUT2D eigenvalue weighted by atomic mass is 16.5. The summed E-state index contributed by atoms with van der Waals surface area (Å²) in [6, 6.07) is 9.54. The van der Waals surface area contributed by atoms with E-state index >= 15 is 0 Å². The van der Waals surface area contributed by atoms with Gasteiger partial charge in [0.05, 0.1) is 18.8 Å². The van der Waals surface area contributed by atoms with Gasteiger partial charge in [-0.05, 0) is 26.3 Å². The number of nitrogens with one attached hydrogen (secondary N) is 1. The van der Waals surface area contributed by atoms with Gasteiger partial charge in [-0.3, -0.25) is 4.79 Å². The van der Waals surface area contributed by atoms with E-state index in [-0.39, 0.29) is 5.91 Å². The predicted octanol–water partition coefficient (Wildman–Crippen LogP) is 1.95. The van der Waals surface area contributed by atoms with E-state index < -0.39 is 11.6 Å². The van der Waals surface area contributed by atoms with Crippen LogP contribution in [0.5, 0.6) is 0 Å². The van der Waals surface area contributed by atoms with E-state index in [9.17, 15) is 4.79 Å². The number of carbonyl (C=O) groups excluding carboxylic acids is 1. The molecule has 2 aromatic rings. The molecule has 0 radical (unpaired) electrons.